The summed E-state index contributed by atoms with van der Waals surface area (Å²) >= 11 is 0. The van der Waals surface area contributed by atoms with Crippen LogP contribution in [-0.4, -0.2) is 34.5 Å². The molecule has 2 aromatic rings. The first-order valence-corrected chi connectivity index (χ1v) is 10.5. The van der Waals surface area contributed by atoms with Gasteiger partial charge in [-0.3, -0.25) is 0 Å². The van der Waals surface area contributed by atoms with Crippen LogP contribution in [0.1, 0.15) is 12.5 Å². The molecule has 1 unspecified atom stereocenters. The molecule has 0 amide bonds. The van der Waals surface area contributed by atoms with E-state index in [9.17, 15) is 17.4 Å². The van der Waals surface area contributed by atoms with Gasteiger partial charge in [-0.05, 0) is 29.7 Å². The van der Waals surface area contributed by atoms with Gasteiger partial charge < -0.3 is 5.32 Å². The van der Waals surface area contributed by atoms with E-state index in [1.54, 1.807) is 12.1 Å². The number of halogens is 4. The highest BCUT2D eigenvalue weighted by molar-refractivity contribution is 7.90. The maximum Gasteiger partial charge on any atom is 0.277 e. The molecule has 0 radical (unpaired) electrons. The third-order valence-electron chi connectivity index (χ3n) is 4.84. The van der Waals surface area contributed by atoms with Crippen molar-refractivity contribution in [2.45, 2.75) is 31.4 Å². The van der Waals surface area contributed by atoms with Crippen LogP contribution in [-0.2, 0) is 16.3 Å². The maximum atomic E-state index is 15.0. The summed E-state index contributed by atoms with van der Waals surface area (Å²) in [5, 5.41) is 2.64. The first kappa shape index (κ1) is 20.8. The fourth-order valence-corrected chi connectivity index (χ4v) is 4.20. The largest absolute Gasteiger partial charge is 0.306 e. The standard InChI is InChI=1S/C19H21F4N3OS/c1-2-28(24,27)26-18-16(25-11-19(18,22)23)10-13-6-4-8-15(17(13)21)12-5-3-7-14(20)9-12/h3-9,16,18,25H,2,10-11H2,1H3,(H2,24,26,27)/t16-,18+,28?/m0/s1. The zero-order chi connectivity index (χ0) is 20.5. The van der Waals surface area contributed by atoms with Crippen LogP contribution >= 0.6 is 0 Å². The Kier molecular flexibility index (Phi) is 5.79. The topological polar surface area (TPSA) is 65.0 Å². The lowest BCUT2D eigenvalue weighted by Gasteiger charge is -2.25. The van der Waals surface area contributed by atoms with Crippen molar-refractivity contribution in [1.29, 1.82) is 4.78 Å². The van der Waals surface area contributed by atoms with Gasteiger partial charge in [0.05, 0.1) is 6.54 Å². The van der Waals surface area contributed by atoms with E-state index in [1.807, 2.05) is 0 Å². The van der Waals surface area contributed by atoms with Crippen molar-refractivity contribution in [3.63, 3.8) is 0 Å². The Morgan fingerprint density at radius 2 is 1.96 bits per heavy atom. The smallest absolute Gasteiger partial charge is 0.277 e. The van der Waals surface area contributed by atoms with Gasteiger partial charge in [-0.2, -0.15) is 0 Å². The van der Waals surface area contributed by atoms with Crippen molar-refractivity contribution < 1.29 is 21.8 Å². The van der Waals surface area contributed by atoms with Gasteiger partial charge in [-0.15, -0.1) is 0 Å². The minimum Gasteiger partial charge on any atom is -0.306 e. The third kappa shape index (κ3) is 4.37. The molecule has 1 saturated heterocycles. The van der Waals surface area contributed by atoms with Gasteiger partial charge in [0.2, 0.25) is 0 Å². The minimum absolute atomic E-state index is 0.0958. The molecule has 3 atom stereocenters. The second-order valence-electron chi connectivity index (χ2n) is 6.80. The van der Waals surface area contributed by atoms with Crippen LogP contribution in [0.2, 0.25) is 0 Å². The molecule has 1 aliphatic rings. The summed E-state index contributed by atoms with van der Waals surface area (Å²) in [5.74, 6) is -4.46. The molecular weight excluding hydrogens is 394 g/mol. The lowest BCUT2D eigenvalue weighted by molar-refractivity contribution is -0.000625. The normalized spacial score (nSPS) is 23.5. The van der Waals surface area contributed by atoms with Crippen LogP contribution in [0, 0.1) is 16.4 Å². The minimum atomic E-state index is -3.37. The maximum absolute atomic E-state index is 15.0. The van der Waals surface area contributed by atoms with Gasteiger partial charge in [0.25, 0.3) is 5.92 Å². The van der Waals surface area contributed by atoms with Gasteiger partial charge in [0.15, 0.2) is 0 Å². The van der Waals surface area contributed by atoms with Crippen molar-refractivity contribution in [2.75, 3.05) is 12.3 Å². The number of alkyl halides is 2. The summed E-state index contributed by atoms with van der Waals surface area (Å²) in [4.78, 5) is 0. The SMILES string of the molecule is CCS(=N)(=O)N[C@@H]1[C@H](Cc2cccc(-c3cccc(F)c3)c2F)NCC1(F)F. The number of hydrogen-bond donors (Lipinski definition) is 3. The molecule has 152 valence electrons. The number of rotatable bonds is 6. The molecule has 1 fully saturated rings. The van der Waals surface area contributed by atoms with E-state index >= 15 is 4.39 Å². The van der Waals surface area contributed by atoms with E-state index in [0.717, 1.165) is 0 Å². The van der Waals surface area contributed by atoms with E-state index < -0.39 is 46.1 Å². The Hall–Kier alpha value is -1.97. The molecule has 2 aromatic carbocycles. The van der Waals surface area contributed by atoms with Crippen LogP contribution in [0.15, 0.2) is 42.5 Å². The lowest BCUT2D eigenvalue weighted by atomic mass is 9.95. The molecule has 1 aliphatic heterocycles. The summed E-state index contributed by atoms with van der Waals surface area (Å²) in [5.41, 5.74) is 0.694. The van der Waals surface area contributed by atoms with Gasteiger partial charge >= 0.3 is 0 Å². The van der Waals surface area contributed by atoms with Crippen LogP contribution in [0.4, 0.5) is 17.6 Å². The second kappa shape index (κ2) is 7.81. The highest BCUT2D eigenvalue weighted by Crippen LogP contribution is 2.31. The van der Waals surface area contributed by atoms with Gasteiger partial charge in [-0.1, -0.05) is 37.3 Å². The third-order valence-corrected chi connectivity index (χ3v) is 6.28. The lowest BCUT2D eigenvalue weighted by Crippen LogP contribution is -2.51. The molecule has 3 N–H and O–H groups in total. The summed E-state index contributed by atoms with van der Waals surface area (Å²) in [6, 6.07) is 7.55. The average Bonchev–Trinajstić information content (AvgIpc) is 2.91. The molecule has 0 spiro atoms. The summed E-state index contributed by atoms with van der Waals surface area (Å²) < 4.78 is 78.9. The van der Waals surface area contributed by atoms with Crippen molar-refractivity contribution in [3.8, 4) is 11.1 Å². The van der Waals surface area contributed by atoms with Gasteiger partial charge in [0, 0.05) is 17.4 Å². The predicted octanol–water partition coefficient (Wildman–Crippen LogP) is 3.72. The molecule has 0 aromatic heterocycles. The van der Waals surface area contributed by atoms with E-state index in [-0.39, 0.29) is 23.3 Å². The van der Waals surface area contributed by atoms with Crippen LogP contribution in [0.25, 0.3) is 11.1 Å². The molecule has 1 heterocycles. The Morgan fingerprint density at radius 3 is 2.64 bits per heavy atom. The van der Waals surface area contributed by atoms with Crippen molar-refractivity contribution >= 4 is 9.92 Å². The molecule has 9 heteroatoms. The number of benzene rings is 2. The van der Waals surface area contributed by atoms with Crippen LogP contribution < -0.4 is 10.0 Å². The second-order valence-corrected chi connectivity index (χ2v) is 8.96. The van der Waals surface area contributed by atoms with Crippen LogP contribution in [0.3, 0.4) is 0 Å². The van der Waals surface area contributed by atoms with E-state index in [1.165, 1.54) is 37.3 Å². The Morgan fingerprint density at radius 1 is 1.25 bits per heavy atom. The fraction of sp³-hybridized carbons (Fsp3) is 0.368. The summed E-state index contributed by atoms with van der Waals surface area (Å²) in [7, 11) is -3.37. The van der Waals surface area contributed by atoms with Gasteiger partial charge in [-0.25, -0.2) is 31.3 Å². The van der Waals surface area contributed by atoms with E-state index in [4.69, 9.17) is 4.78 Å². The summed E-state index contributed by atoms with van der Waals surface area (Å²) in [6.45, 7) is 0.819. The molecule has 0 bridgehead atoms. The monoisotopic (exact) mass is 415 g/mol. The first-order chi connectivity index (χ1) is 13.1. The van der Waals surface area contributed by atoms with Crippen LogP contribution in [0.5, 0.6) is 0 Å². The van der Waals surface area contributed by atoms with Crippen molar-refractivity contribution in [3.05, 3.63) is 59.7 Å². The number of nitrogens with one attached hydrogen (secondary N) is 3. The quantitative estimate of drug-likeness (QED) is 0.630. The Balaban J connectivity index is 1.90. The molecule has 3 rings (SSSR count). The van der Waals surface area contributed by atoms with Crippen molar-refractivity contribution in [1.82, 2.24) is 10.0 Å². The molecule has 0 saturated carbocycles. The highest BCUT2D eigenvalue weighted by atomic mass is 32.2. The Bertz CT molecular complexity index is 965. The molecule has 28 heavy (non-hydrogen) atoms. The Labute approximate surface area is 161 Å². The van der Waals surface area contributed by atoms with E-state index in [0.29, 0.717) is 5.56 Å². The predicted molar refractivity (Wildman–Crippen MR) is 101 cm³/mol. The molecule has 4 nitrogen and oxygen atoms in total. The molecule has 0 aliphatic carbocycles. The first-order valence-electron chi connectivity index (χ1n) is 8.81. The average molecular weight is 415 g/mol. The highest BCUT2D eigenvalue weighted by Gasteiger charge is 2.51. The van der Waals surface area contributed by atoms with E-state index in [2.05, 4.69) is 10.0 Å². The zero-order valence-electron chi connectivity index (χ0n) is 15.1. The summed E-state index contributed by atoms with van der Waals surface area (Å²) in [6.07, 6.45) is -0.0958. The van der Waals surface area contributed by atoms with Crippen molar-refractivity contribution in [2.24, 2.45) is 0 Å². The number of hydrogen-bond acceptors (Lipinski definition) is 3. The fourth-order valence-electron chi connectivity index (χ4n) is 3.29. The van der Waals surface area contributed by atoms with Gasteiger partial charge in [0.1, 0.15) is 27.6 Å². The zero-order valence-corrected chi connectivity index (χ0v) is 16.0. The molecular formula is C19H21F4N3OS.